The van der Waals surface area contributed by atoms with E-state index in [0.717, 1.165) is 38.5 Å². The molecule has 4 aliphatic rings. The van der Waals surface area contributed by atoms with Crippen LogP contribution in [0, 0.1) is 5.92 Å². The Morgan fingerprint density at radius 1 is 1.05 bits per heavy atom. The molecule has 4 amide bonds. The molecule has 43 heavy (non-hydrogen) atoms. The first-order valence-electron chi connectivity index (χ1n) is 15.9. The number of rotatable bonds is 5. The number of carbonyl (C=O) groups is 4. The zero-order chi connectivity index (χ0) is 31.4. The molecule has 3 aliphatic heterocycles. The van der Waals surface area contributed by atoms with E-state index < -0.39 is 51.3 Å². The molecular weight excluding hydrogens is 574 g/mol. The van der Waals surface area contributed by atoms with Gasteiger partial charge in [-0.1, -0.05) is 38.3 Å². The number of carbonyl (C=O) groups excluding carboxylic acids is 4. The van der Waals surface area contributed by atoms with E-state index in [9.17, 15) is 27.6 Å². The Balaban J connectivity index is 1.54. The summed E-state index contributed by atoms with van der Waals surface area (Å²) in [5.41, 5.74) is -2.15. The largest absolute Gasteiger partial charge is 0.444 e. The van der Waals surface area contributed by atoms with Gasteiger partial charge in [-0.2, -0.15) is 12.7 Å². The lowest BCUT2D eigenvalue weighted by molar-refractivity contribution is -0.141. The first kappa shape index (κ1) is 33.2. The van der Waals surface area contributed by atoms with E-state index >= 15 is 0 Å². The molecule has 13 heteroatoms. The Morgan fingerprint density at radius 2 is 1.79 bits per heavy atom. The van der Waals surface area contributed by atoms with Gasteiger partial charge in [0.15, 0.2) is 0 Å². The Bertz CT molecular complexity index is 1200. The maximum absolute atomic E-state index is 13.7. The van der Waals surface area contributed by atoms with Crippen LogP contribution in [0.25, 0.3) is 0 Å². The fourth-order valence-corrected chi connectivity index (χ4v) is 8.06. The maximum Gasteiger partial charge on any atom is 0.408 e. The van der Waals surface area contributed by atoms with Gasteiger partial charge in [0.1, 0.15) is 23.2 Å². The summed E-state index contributed by atoms with van der Waals surface area (Å²) in [6.45, 7) is 7.86. The predicted molar refractivity (Wildman–Crippen MR) is 161 cm³/mol. The van der Waals surface area contributed by atoms with Gasteiger partial charge >= 0.3 is 16.3 Å². The third-order valence-electron chi connectivity index (χ3n) is 8.90. The molecule has 1 saturated carbocycles. The fourth-order valence-electron chi connectivity index (χ4n) is 6.51. The van der Waals surface area contributed by atoms with E-state index in [1.165, 1.54) is 9.21 Å². The van der Waals surface area contributed by atoms with Gasteiger partial charge in [-0.05, 0) is 78.6 Å². The van der Waals surface area contributed by atoms with Gasteiger partial charge in [0.05, 0.1) is 0 Å². The van der Waals surface area contributed by atoms with Crippen LogP contribution >= 0.6 is 0 Å². The average Bonchev–Trinajstić information content (AvgIpc) is 3.39. The van der Waals surface area contributed by atoms with E-state index in [4.69, 9.17) is 4.74 Å². The van der Waals surface area contributed by atoms with Crippen LogP contribution in [0.4, 0.5) is 4.79 Å². The molecule has 3 heterocycles. The molecule has 1 aliphatic carbocycles. The Morgan fingerprint density at radius 3 is 2.51 bits per heavy atom. The molecule has 0 radical (unpaired) electrons. The van der Waals surface area contributed by atoms with Crippen LogP contribution in [0.5, 0.6) is 0 Å². The highest BCUT2D eigenvalue weighted by Gasteiger charge is 2.61. The third-order valence-corrected chi connectivity index (χ3v) is 10.4. The average molecular weight is 624 g/mol. The number of nitrogens with one attached hydrogen (secondary N) is 3. The molecular formula is C30H49N5O7S. The zero-order valence-electron chi connectivity index (χ0n) is 26.0. The summed E-state index contributed by atoms with van der Waals surface area (Å²) in [5, 5.41) is 5.59. The molecule has 12 nitrogen and oxygen atoms in total. The van der Waals surface area contributed by atoms with Crippen molar-refractivity contribution in [3.8, 4) is 0 Å². The van der Waals surface area contributed by atoms with Crippen LogP contribution in [0.2, 0.25) is 0 Å². The number of nitrogens with zero attached hydrogens (tertiary/aromatic N) is 2. The van der Waals surface area contributed by atoms with Crippen molar-refractivity contribution < 1.29 is 32.3 Å². The number of hydrogen-bond donors (Lipinski definition) is 3. The molecule has 2 saturated heterocycles. The van der Waals surface area contributed by atoms with Crippen molar-refractivity contribution in [2.45, 2.75) is 134 Å². The number of allylic oxidation sites excluding steroid dienone is 1. The standard InChI is InChI=1S/C30H49N5O7S/c1-5-22-15-11-12-19-35(22)43(40,41)33-27(38)30-20-21(30)14-9-7-6-8-10-16-23(31-28(39)42-29(2,3)4)26(37)34-18-13-17-24(34)25(36)32-30/h9,14,21-24H,5-8,10-13,15-20H2,1-4H3,(H,31,39)(H,32,36)(H,33,38)/b14-9-/t21-,22?,23?,24-,30+/m0/s1. The van der Waals surface area contributed by atoms with Gasteiger partial charge in [-0.3, -0.25) is 14.4 Å². The molecule has 5 atom stereocenters. The van der Waals surface area contributed by atoms with Gasteiger partial charge in [0.25, 0.3) is 5.91 Å². The summed E-state index contributed by atoms with van der Waals surface area (Å²) >= 11 is 0. The summed E-state index contributed by atoms with van der Waals surface area (Å²) in [5.74, 6) is -1.96. The number of hydrogen-bond acceptors (Lipinski definition) is 7. The summed E-state index contributed by atoms with van der Waals surface area (Å²) in [7, 11) is -4.10. The van der Waals surface area contributed by atoms with Crippen molar-refractivity contribution in [1.29, 1.82) is 0 Å². The second kappa shape index (κ2) is 13.5. The van der Waals surface area contributed by atoms with Crippen LogP contribution in [0.1, 0.15) is 105 Å². The van der Waals surface area contributed by atoms with Gasteiger partial charge in [-0.15, -0.1) is 0 Å². The smallest absolute Gasteiger partial charge is 0.408 e. The highest BCUT2D eigenvalue weighted by atomic mass is 32.2. The second-order valence-electron chi connectivity index (χ2n) is 13.3. The highest BCUT2D eigenvalue weighted by molar-refractivity contribution is 7.87. The van der Waals surface area contributed by atoms with Gasteiger partial charge in [-0.25, -0.2) is 9.52 Å². The third kappa shape index (κ3) is 8.09. The van der Waals surface area contributed by atoms with Gasteiger partial charge in [0, 0.05) is 25.0 Å². The van der Waals surface area contributed by atoms with Crippen molar-refractivity contribution >= 4 is 34.0 Å². The topological polar surface area (TPSA) is 154 Å². The SMILES string of the molecule is CCC1CCCCN1S(=O)(=O)NC(=O)[C@@]12C[C@@H]1/C=C\CCCCCC(NC(=O)OC(C)(C)C)C(=O)N1CCC[C@H]1C(=O)N2. The number of fused-ring (bicyclic) bond motifs is 2. The molecule has 3 N–H and O–H groups in total. The molecule has 0 bridgehead atoms. The second-order valence-corrected chi connectivity index (χ2v) is 15.0. The summed E-state index contributed by atoms with van der Waals surface area (Å²) < 4.78 is 35.8. The lowest BCUT2D eigenvalue weighted by atomic mass is 10.0. The van der Waals surface area contributed by atoms with E-state index in [-0.39, 0.29) is 24.3 Å². The highest BCUT2D eigenvalue weighted by Crippen LogP contribution is 2.46. The van der Waals surface area contributed by atoms with Crippen LogP contribution in [-0.4, -0.2) is 83.8 Å². The normalized spacial score (nSPS) is 31.9. The molecule has 0 aromatic carbocycles. The summed E-state index contributed by atoms with van der Waals surface area (Å²) in [6.07, 6.45) is 11.0. The summed E-state index contributed by atoms with van der Waals surface area (Å²) in [4.78, 5) is 55.2. The van der Waals surface area contributed by atoms with Crippen molar-refractivity contribution in [3.05, 3.63) is 12.2 Å². The lowest BCUT2D eigenvalue weighted by Gasteiger charge is -2.34. The van der Waals surface area contributed by atoms with Gasteiger partial charge < -0.3 is 20.3 Å². The van der Waals surface area contributed by atoms with E-state index in [0.29, 0.717) is 45.2 Å². The predicted octanol–water partition coefficient (Wildman–Crippen LogP) is 2.89. The number of piperidine rings is 1. The molecule has 0 aromatic heterocycles. The van der Waals surface area contributed by atoms with E-state index in [2.05, 4.69) is 15.4 Å². The number of alkyl carbamates (subject to hydrolysis) is 1. The number of ether oxygens (including phenoxy) is 1. The fraction of sp³-hybridized carbons (Fsp3) is 0.800. The van der Waals surface area contributed by atoms with Crippen LogP contribution in [0.15, 0.2) is 12.2 Å². The first-order chi connectivity index (χ1) is 20.3. The molecule has 242 valence electrons. The molecule has 4 rings (SSSR count). The summed E-state index contributed by atoms with van der Waals surface area (Å²) in [6, 6.07) is -1.86. The van der Waals surface area contributed by atoms with Crippen LogP contribution in [-0.2, 0) is 29.3 Å². The molecule has 2 unspecified atom stereocenters. The van der Waals surface area contributed by atoms with E-state index in [1.807, 2.05) is 19.1 Å². The number of amides is 4. The first-order valence-corrected chi connectivity index (χ1v) is 17.3. The molecule has 0 aromatic rings. The maximum atomic E-state index is 13.7. The molecule has 3 fully saturated rings. The minimum absolute atomic E-state index is 0.172. The monoisotopic (exact) mass is 623 g/mol. The quantitative estimate of drug-likeness (QED) is 0.398. The Labute approximate surface area is 255 Å². The van der Waals surface area contributed by atoms with Crippen molar-refractivity contribution in [2.75, 3.05) is 13.1 Å². The van der Waals surface area contributed by atoms with Crippen molar-refractivity contribution in [3.63, 3.8) is 0 Å². The Hall–Kier alpha value is -2.67. The van der Waals surface area contributed by atoms with Crippen LogP contribution in [0.3, 0.4) is 0 Å². The van der Waals surface area contributed by atoms with Crippen LogP contribution < -0.4 is 15.4 Å². The minimum Gasteiger partial charge on any atom is -0.444 e. The van der Waals surface area contributed by atoms with Gasteiger partial charge in [0.2, 0.25) is 11.8 Å². The minimum atomic E-state index is -4.10. The van der Waals surface area contributed by atoms with Crippen molar-refractivity contribution in [2.24, 2.45) is 5.92 Å². The Kier molecular flexibility index (Phi) is 10.5. The zero-order valence-corrected chi connectivity index (χ0v) is 26.8. The van der Waals surface area contributed by atoms with Crippen molar-refractivity contribution in [1.82, 2.24) is 24.6 Å². The lowest BCUT2D eigenvalue weighted by Crippen LogP contribution is -2.59. The molecule has 0 spiro atoms. The van der Waals surface area contributed by atoms with E-state index in [1.54, 1.807) is 20.8 Å².